The molecule has 2 unspecified atom stereocenters. The number of carbonyl (C=O) groups excluding carboxylic acids is 3. The van der Waals surface area contributed by atoms with E-state index in [0.29, 0.717) is 43.2 Å². The number of piperidine rings is 1. The summed E-state index contributed by atoms with van der Waals surface area (Å²) in [7, 11) is 1.63. The fourth-order valence-corrected chi connectivity index (χ4v) is 7.72. The molecule has 0 N–H and O–H groups in total. The number of imide groups is 1. The zero-order chi connectivity index (χ0) is 26.7. The summed E-state index contributed by atoms with van der Waals surface area (Å²) in [6.45, 7) is 12.9. The molecule has 1 aromatic carbocycles. The number of halogens is 1. The van der Waals surface area contributed by atoms with Crippen LogP contribution in [0.5, 0.6) is 0 Å². The third kappa shape index (κ3) is 4.97. The van der Waals surface area contributed by atoms with E-state index >= 15 is 0 Å². The molecule has 1 aromatic rings. The first-order valence-electron chi connectivity index (χ1n) is 14.1. The minimum Gasteiger partial charge on any atom is -0.342 e. The van der Waals surface area contributed by atoms with Gasteiger partial charge in [0.05, 0.1) is 0 Å². The average molecular weight is 545 g/mol. The van der Waals surface area contributed by atoms with Gasteiger partial charge in [0.1, 0.15) is 5.54 Å². The van der Waals surface area contributed by atoms with E-state index in [4.69, 9.17) is 0 Å². The standard InChI is InChI=1S/C30H44N4O3.ClH/c1-20(2)34-28(37)31(6)27(36)30(34)14-23-12-13-24(15-30)33(23)18-22-17-32(26(35)16-29(3,4)5)19-25(22)21-10-8-7-9-11-21;/h7-11,20,22-25H,12-19H2,1-6H3;1H/t22-,23?,24?,25-,30?;/m1./s1. The van der Waals surface area contributed by atoms with Crippen LogP contribution in [0.25, 0.3) is 0 Å². The molecule has 0 aliphatic carbocycles. The van der Waals surface area contributed by atoms with Gasteiger partial charge in [-0.1, -0.05) is 51.1 Å². The Morgan fingerprint density at radius 3 is 2.18 bits per heavy atom. The minimum absolute atomic E-state index is 0. The van der Waals surface area contributed by atoms with Gasteiger partial charge in [0, 0.05) is 57.1 Å². The average Bonchev–Trinajstić information content (AvgIpc) is 3.40. The second kappa shape index (κ2) is 10.5. The monoisotopic (exact) mass is 544 g/mol. The zero-order valence-electron chi connectivity index (χ0n) is 23.9. The van der Waals surface area contributed by atoms with E-state index in [1.165, 1.54) is 10.5 Å². The molecule has 0 saturated carbocycles. The molecule has 0 radical (unpaired) electrons. The smallest absolute Gasteiger partial charge is 0.327 e. The lowest BCUT2D eigenvalue weighted by molar-refractivity contribution is -0.137. The van der Waals surface area contributed by atoms with Gasteiger partial charge in [0.25, 0.3) is 5.91 Å². The van der Waals surface area contributed by atoms with Crippen LogP contribution < -0.4 is 0 Å². The number of hydrogen-bond acceptors (Lipinski definition) is 4. The summed E-state index contributed by atoms with van der Waals surface area (Å²) in [6.07, 6.45) is 4.13. The lowest BCUT2D eigenvalue weighted by Crippen LogP contribution is -2.62. The van der Waals surface area contributed by atoms with Gasteiger partial charge in [-0.25, -0.2) is 4.79 Å². The summed E-state index contributed by atoms with van der Waals surface area (Å²) in [4.78, 5) is 47.6. The quantitative estimate of drug-likeness (QED) is 0.502. The van der Waals surface area contributed by atoms with Crippen LogP contribution in [-0.2, 0) is 9.59 Å². The largest absolute Gasteiger partial charge is 0.342 e. The van der Waals surface area contributed by atoms with E-state index in [2.05, 4.69) is 60.9 Å². The molecule has 5 rings (SSSR count). The Hall–Kier alpha value is -2.12. The number of rotatable bonds is 5. The number of benzene rings is 1. The Kier molecular flexibility index (Phi) is 7.95. The maximum Gasteiger partial charge on any atom is 0.327 e. The number of hydrogen-bond donors (Lipinski definition) is 0. The maximum atomic E-state index is 13.4. The van der Waals surface area contributed by atoms with Gasteiger partial charge in [0.15, 0.2) is 0 Å². The van der Waals surface area contributed by atoms with E-state index in [0.717, 1.165) is 32.5 Å². The Morgan fingerprint density at radius 1 is 1.03 bits per heavy atom. The van der Waals surface area contributed by atoms with Crippen LogP contribution in [0.3, 0.4) is 0 Å². The van der Waals surface area contributed by atoms with Crippen LogP contribution in [0.1, 0.15) is 78.2 Å². The van der Waals surface area contributed by atoms with Crippen LogP contribution in [0.4, 0.5) is 4.79 Å². The molecule has 4 fully saturated rings. The summed E-state index contributed by atoms with van der Waals surface area (Å²) in [5, 5.41) is 0. The molecule has 210 valence electrons. The molecule has 7 nitrogen and oxygen atoms in total. The lowest BCUT2D eigenvalue weighted by atomic mass is 9.79. The molecule has 4 aliphatic heterocycles. The fourth-order valence-electron chi connectivity index (χ4n) is 7.72. The predicted molar refractivity (Wildman–Crippen MR) is 151 cm³/mol. The molecule has 38 heavy (non-hydrogen) atoms. The second-order valence-corrected chi connectivity index (χ2v) is 13.4. The maximum absolute atomic E-state index is 13.4. The third-order valence-electron chi connectivity index (χ3n) is 9.24. The van der Waals surface area contributed by atoms with Crippen LogP contribution in [0.2, 0.25) is 0 Å². The molecular weight excluding hydrogens is 500 g/mol. The van der Waals surface area contributed by atoms with Crippen molar-refractivity contribution in [2.45, 2.75) is 96.3 Å². The first-order chi connectivity index (χ1) is 17.4. The van der Waals surface area contributed by atoms with Crippen molar-refractivity contribution >= 4 is 30.3 Å². The first kappa shape index (κ1) is 28.9. The van der Waals surface area contributed by atoms with Crippen LogP contribution >= 0.6 is 12.4 Å². The molecular formula is C30H45ClN4O3. The van der Waals surface area contributed by atoms with Crippen molar-refractivity contribution in [2.24, 2.45) is 11.3 Å². The van der Waals surface area contributed by atoms with Gasteiger partial charge in [-0.15, -0.1) is 12.4 Å². The van der Waals surface area contributed by atoms with Crippen molar-refractivity contribution in [2.75, 3.05) is 26.7 Å². The summed E-state index contributed by atoms with van der Waals surface area (Å²) in [6, 6.07) is 11.1. The Labute approximate surface area is 234 Å². The second-order valence-electron chi connectivity index (χ2n) is 13.4. The van der Waals surface area contributed by atoms with Crippen molar-refractivity contribution in [1.82, 2.24) is 19.6 Å². The highest BCUT2D eigenvalue weighted by atomic mass is 35.5. The number of carbonyl (C=O) groups is 3. The lowest BCUT2D eigenvalue weighted by Gasteiger charge is -2.48. The van der Waals surface area contributed by atoms with Gasteiger partial charge in [-0.05, 0) is 56.4 Å². The molecule has 4 amide bonds. The Balaban J connectivity index is 0.00000336. The number of fused-ring (bicyclic) bond motifs is 2. The summed E-state index contributed by atoms with van der Waals surface area (Å²) >= 11 is 0. The van der Waals surface area contributed by atoms with Gasteiger partial charge in [-0.3, -0.25) is 19.4 Å². The third-order valence-corrected chi connectivity index (χ3v) is 9.24. The number of likely N-dealkylation sites (N-methyl/N-ethyl adjacent to an activating group) is 1. The minimum atomic E-state index is -0.703. The number of likely N-dealkylation sites (tertiary alicyclic amines) is 1. The van der Waals surface area contributed by atoms with Gasteiger partial charge >= 0.3 is 6.03 Å². The number of urea groups is 1. The van der Waals surface area contributed by atoms with Crippen molar-refractivity contribution in [1.29, 1.82) is 0 Å². The van der Waals surface area contributed by atoms with E-state index in [-0.39, 0.29) is 41.7 Å². The molecule has 8 heteroatoms. The van der Waals surface area contributed by atoms with Gasteiger partial charge in [-0.2, -0.15) is 0 Å². The molecule has 4 atom stereocenters. The highest BCUT2D eigenvalue weighted by Crippen LogP contribution is 2.49. The van der Waals surface area contributed by atoms with E-state index in [9.17, 15) is 14.4 Å². The summed E-state index contributed by atoms with van der Waals surface area (Å²) in [5.41, 5.74) is 0.577. The van der Waals surface area contributed by atoms with E-state index in [1.54, 1.807) is 7.05 Å². The van der Waals surface area contributed by atoms with Gasteiger partial charge in [0.2, 0.25) is 5.91 Å². The fraction of sp³-hybridized carbons (Fsp3) is 0.700. The molecule has 1 spiro atoms. The molecule has 4 saturated heterocycles. The Morgan fingerprint density at radius 2 is 1.63 bits per heavy atom. The van der Waals surface area contributed by atoms with Gasteiger partial charge < -0.3 is 9.80 Å². The van der Waals surface area contributed by atoms with Crippen molar-refractivity contribution < 1.29 is 14.4 Å². The van der Waals surface area contributed by atoms with Crippen LogP contribution in [-0.4, -0.2) is 87.8 Å². The van der Waals surface area contributed by atoms with E-state index < -0.39 is 5.54 Å². The molecule has 2 bridgehead atoms. The van der Waals surface area contributed by atoms with Crippen LogP contribution in [0.15, 0.2) is 30.3 Å². The SMILES string of the molecule is CC(C)N1C(=O)N(C)C(=O)C12CC1CCC(C2)N1C[C@H]1CN(C(=O)CC(C)(C)C)C[C@@H]1c1ccccc1.Cl. The number of amides is 4. The molecule has 4 aliphatic rings. The van der Waals surface area contributed by atoms with Crippen molar-refractivity contribution in [3.05, 3.63) is 35.9 Å². The van der Waals surface area contributed by atoms with Crippen LogP contribution in [0, 0.1) is 11.3 Å². The highest BCUT2D eigenvalue weighted by molar-refractivity contribution is 6.07. The van der Waals surface area contributed by atoms with E-state index in [1.807, 2.05) is 18.7 Å². The number of nitrogens with zero attached hydrogens (tertiary/aromatic N) is 4. The normalized spacial score (nSPS) is 31.6. The van der Waals surface area contributed by atoms with Crippen molar-refractivity contribution in [3.63, 3.8) is 0 Å². The topological polar surface area (TPSA) is 64.2 Å². The van der Waals surface area contributed by atoms with Crippen molar-refractivity contribution in [3.8, 4) is 0 Å². The first-order valence-corrected chi connectivity index (χ1v) is 14.1. The highest BCUT2D eigenvalue weighted by Gasteiger charge is 2.62. The summed E-state index contributed by atoms with van der Waals surface area (Å²) in [5.74, 6) is 0.897. The Bertz CT molecular complexity index is 1040. The summed E-state index contributed by atoms with van der Waals surface area (Å²) < 4.78 is 0. The zero-order valence-corrected chi connectivity index (χ0v) is 24.7. The molecule has 0 aromatic heterocycles. The molecule has 4 heterocycles. The predicted octanol–water partition coefficient (Wildman–Crippen LogP) is 4.75.